The van der Waals surface area contributed by atoms with Crippen molar-refractivity contribution in [3.05, 3.63) is 46.4 Å². The Bertz CT molecular complexity index is 578. The molecule has 0 aliphatic heterocycles. The minimum atomic E-state index is -0.311. The third-order valence-electron chi connectivity index (χ3n) is 2.37. The highest BCUT2D eigenvalue weighted by Gasteiger charge is 2.17. The molecule has 0 unspecified atom stereocenters. The lowest BCUT2D eigenvalue weighted by Crippen LogP contribution is -2.22. The summed E-state index contributed by atoms with van der Waals surface area (Å²) < 4.78 is 15.0. The van der Waals surface area contributed by atoms with Crippen molar-refractivity contribution < 1.29 is 9.18 Å². The van der Waals surface area contributed by atoms with Crippen molar-refractivity contribution in [2.24, 2.45) is 0 Å². The Morgan fingerprint density at radius 2 is 1.94 bits per heavy atom. The van der Waals surface area contributed by atoms with Crippen LogP contribution in [0.15, 0.2) is 34.9 Å². The van der Waals surface area contributed by atoms with Gasteiger partial charge in [0.25, 0.3) is 5.91 Å². The highest BCUT2D eigenvalue weighted by molar-refractivity contribution is 9.10. The molecule has 1 amide bonds. The number of rotatable bonds is 2. The van der Waals surface area contributed by atoms with E-state index in [-0.39, 0.29) is 11.7 Å². The lowest BCUT2D eigenvalue weighted by molar-refractivity contribution is 0.0820. The quantitative estimate of drug-likeness (QED) is 0.854. The highest BCUT2D eigenvalue weighted by Crippen LogP contribution is 2.19. The Hall–Kier alpha value is -1.69. The lowest BCUT2D eigenvalue weighted by Gasteiger charge is -2.07. The second kappa shape index (κ2) is 4.89. The van der Waals surface area contributed by atoms with E-state index in [0.717, 1.165) is 0 Å². The first-order valence-corrected chi connectivity index (χ1v) is 6.01. The first-order chi connectivity index (χ1) is 8.49. The summed E-state index contributed by atoms with van der Waals surface area (Å²) >= 11 is 3.29. The number of aromatic nitrogens is 2. The Morgan fingerprint density at radius 3 is 2.50 bits per heavy atom. The number of carbonyl (C=O) groups excluding carboxylic acids is 1. The second-order valence-corrected chi connectivity index (χ2v) is 4.80. The van der Waals surface area contributed by atoms with Gasteiger partial charge >= 0.3 is 0 Å². The van der Waals surface area contributed by atoms with Gasteiger partial charge in [0.2, 0.25) is 0 Å². The first kappa shape index (κ1) is 12.8. The fraction of sp³-hybridized carbons (Fsp3) is 0.167. The zero-order valence-corrected chi connectivity index (χ0v) is 11.5. The van der Waals surface area contributed by atoms with E-state index in [1.807, 2.05) is 0 Å². The van der Waals surface area contributed by atoms with Gasteiger partial charge in [-0.15, -0.1) is 0 Å². The van der Waals surface area contributed by atoms with Gasteiger partial charge < -0.3 is 4.90 Å². The molecular formula is C12H11BrFN3O. The Kier molecular flexibility index (Phi) is 3.47. The molecule has 2 aromatic rings. The molecule has 1 aromatic heterocycles. The van der Waals surface area contributed by atoms with Crippen molar-refractivity contribution in [3.63, 3.8) is 0 Å². The number of benzene rings is 1. The minimum Gasteiger partial charge on any atom is -0.343 e. The van der Waals surface area contributed by atoms with Crippen LogP contribution < -0.4 is 0 Å². The van der Waals surface area contributed by atoms with E-state index in [4.69, 9.17) is 0 Å². The van der Waals surface area contributed by atoms with E-state index >= 15 is 0 Å². The summed E-state index contributed by atoms with van der Waals surface area (Å²) in [5, 5.41) is 4.19. The number of amides is 1. The van der Waals surface area contributed by atoms with Crippen LogP contribution in [-0.2, 0) is 0 Å². The number of carbonyl (C=O) groups is 1. The molecule has 1 heterocycles. The smallest absolute Gasteiger partial charge is 0.275 e. The topological polar surface area (TPSA) is 38.1 Å². The van der Waals surface area contributed by atoms with Crippen molar-refractivity contribution >= 4 is 21.8 Å². The van der Waals surface area contributed by atoms with E-state index < -0.39 is 0 Å². The summed E-state index contributed by atoms with van der Waals surface area (Å²) in [6.45, 7) is 0. The van der Waals surface area contributed by atoms with Crippen LogP contribution in [0, 0.1) is 5.82 Å². The molecule has 2 rings (SSSR count). The van der Waals surface area contributed by atoms with Crippen LogP contribution in [0.4, 0.5) is 4.39 Å². The van der Waals surface area contributed by atoms with Gasteiger partial charge in [0.1, 0.15) is 5.82 Å². The molecule has 0 aliphatic carbocycles. The summed E-state index contributed by atoms with van der Waals surface area (Å²) in [7, 11) is 3.32. The largest absolute Gasteiger partial charge is 0.343 e. The van der Waals surface area contributed by atoms with Crippen molar-refractivity contribution in [2.75, 3.05) is 14.1 Å². The van der Waals surface area contributed by atoms with E-state index in [1.165, 1.54) is 21.7 Å². The molecule has 0 spiro atoms. The summed E-state index contributed by atoms with van der Waals surface area (Å²) in [6.07, 6.45) is 1.67. The van der Waals surface area contributed by atoms with Crippen LogP contribution in [0.25, 0.3) is 5.69 Å². The summed E-state index contributed by atoms with van der Waals surface area (Å²) in [5.74, 6) is -0.503. The molecular weight excluding hydrogens is 301 g/mol. The third-order valence-corrected chi connectivity index (χ3v) is 2.95. The SMILES string of the molecule is CN(C)C(=O)c1nn(-c2ccc(F)cc2)cc1Br. The van der Waals surface area contributed by atoms with Crippen LogP contribution in [0.1, 0.15) is 10.5 Å². The Morgan fingerprint density at radius 1 is 1.33 bits per heavy atom. The molecule has 0 saturated heterocycles. The predicted molar refractivity (Wildman–Crippen MR) is 69.2 cm³/mol. The zero-order chi connectivity index (χ0) is 13.3. The molecule has 94 valence electrons. The van der Waals surface area contributed by atoms with Gasteiger partial charge in [-0.05, 0) is 40.2 Å². The molecule has 0 N–H and O–H groups in total. The second-order valence-electron chi connectivity index (χ2n) is 3.95. The maximum absolute atomic E-state index is 12.8. The molecule has 0 bridgehead atoms. The Balaban J connectivity index is 2.40. The zero-order valence-electron chi connectivity index (χ0n) is 9.89. The molecule has 0 radical (unpaired) electrons. The highest BCUT2D eigenvalue weighted by atomic mass is 79.9. The Labute approximate surface area is 112 Å². The predicted octanol–water partition coefficient (Wildman–Crippen LogP) is 2.48. The minimum absolute atomic E-state index is 0.192. The van der Waals surface area contributed by atoms with Gasteiger partial charge in [0, 0.05) is 20.3 Å². The molecule has 0 saturated carbocycles. The molecule has 1 aromatic carbocycles. The number of nitrogens with zero attached hydrogens (tertiary/aromatic N) is 3. The monoisotopic (exact) mass is 311 g/mol. The molecule has 0 fully saturated rings. The summed E-state index contributed by atoms with van der Waals surface area (Å²) in [5.41, 5.74) is 1.01. The van der Waals surface area contributed by atoms with Crippen molar-refractivity contribution in [1.82, 2.24) is 14.7 Å². The average molecular weight is 312 g/mol. The van der Waals surface area contributed by atoms with Gasteiger partial charge in [-0.2, -0.15) is 5.10 Å². The molecule has 4 nitrogen and oxygen atoms in total. The van der Waals surface area contributed by atoms with Gasteiger partial charge in [-0.3, -0.25) is 4.79 Å². The van der Waals surface area contributed by atoms with Crippen molar-refractivity contribution in [1.29, 1.82) is 0 Å². The normalized spacial score (nSPS) is 10.4. The molecule has 6 heteroatoms. The van der Waals surface area contributed by atoms with E-state index in [9.17, 15) is 9.18 Å². The van der Waals surface area contributed by atoms with Crippen molar-refractivity contribution in [3.8, 4) is 5.69 Å². The van der Waals surface area contributed by atoms with Crippen LogP contribution in [0.5, 0.6) is 0 Å². The first-order valence-electron chi connectivity index (χ1n) is 5.22. The average Bonchev–Trinajstić information content (AvgIpc) is 2.71. The maximum Gasteiger partial charge on any atom is 0.275 e. The van der Waals surface area contributed by atoms with Crippen molar-refractivity contribution in [2.45, 2.75) is 0 Å². The number of hydrogen-bond donors (Lipinski definition) is 0. The van der Waals surface area contributed by atoms with Gasteiger partial charge in [-0.1, -0.05) is 0 Å². The number of halogens is 2. The van der Waals surface area contributed by atoms with Crippen LogP contribution >= 0.6 is 15.9 Å². The number of hydrogen-bond acceptors (Lipinski definition) is 2. The van der Waals surface area contributed by atoms with E-state index in [0.29, 0.717) is 15.9 Å². The fourth-order valence-corrected chi connectivity index (χ4v) is 1.88. The van der Waals surface area contributed by atoms with Gasteiger partial charge in [0.15, 0.2) is 5.69 Å². The standard InChI is InChI=1S/C12H11BrFN3O/c1-16(2)12(18)11-10(13)7-17(15-11)9-5-3-8(14)4-6-9/h3-7H,1-2H3. The van der Waals surface area contributed by atoms with Gasteiger partial charge in [-0.25, -0.2) is 9.07 Å². The van der Waals surface area contributed by atoms with E-state index in [1.54, 1.807) is 32.4 Å². The molecule has 18 heavy (non-hydrogen) atoms. The third kappa shape index (κ3) is 2.43. The van der Waals surface area contributed by atoms with Gasteiger partial charge in [0.05, 0.1) is 10.2 Å². The van der Waals surface area contributed by atoms with Crippen LogP contribution in [0.3, 0.4) is 0 Å². The lowest BCUT2D eigenvalue weighted by atomic mass is 10.3. The molecule has 0 aliphatic rings. The van der Waals surface area contributed by atoms with Crippen LogP contribution in [-0.4, -0.2) is 34.7 Å². The summed E-state index contributed by atoms with van der Waals surface area (Å²) in [6, 6.07) is 5.88. The summed E-state index contributed by atoms with van der Waals surface area (Å²) in [4.78, 5) is 13.3. The van der Waals surface area contributed by atoms with Crippen LogP contribution in [0.2, 0.25) is 0 Å². The van der Waals surface area contributed by atoms with E-state index in [2.05, 4.69) is 21.0 Å². The maximum atomic E-state index is 12.8. The molecule has 0 atom stereocenters. The fourth-order valence-electron chi connectivity index (χ4n) is 1.44.